The molecule has 5 heteroatoms. The molecule has 1 unspecified atom stereocenters. The van der Waals surface area contributed by atoms with E-state index in [-0.39, 0.29) is 0 Å². The van der Waals surface area contributed by atoms with E-state index in [0.717, 1.165) is 0 Å². The Bertz CT molecular complexity index is 583. The summed E-state index contributed by atoms with van der Waals surface area (Å²) in [6.45, 7) is 0. The Hall–Kier alpha value is -2.82. The summed E-state index contributed by atoms with van der Waals surface area (Å²) in [4.78, 5) is 22.9. The molecular weight excluding hydrogens is 258 g/mol. The minimum absolute atomic E-state index is 0.406. The Morgan fingerprint density at radius 3 is 2.05 bits per heavy atom. The lowest BCUT2D eigenvalue weighted by atomic mass is 10.1. The molecule has 5 nitrogen and oxygen atoms in total. The van der Waals surface area contributed by atoms with E-state index in [9.17, 15) is 9.59 Å². The smallest absolute Gasteiger partial charge is 0.412 e. The predicted molar refractivity (Wildman–Crippen MR) is 73.4 cm³/mol. The first-order valence-electron chi connectivity index (χ1n) is 5.97. The first-order valence-corrected chi connectivity index (χ1v) is 5.97. The van der Waals surface area contributed by atoms with E-state index in [4.69, 9.17) is 9.84 Å². The molecular formula is C15H13NO4. The SMILES string of the molecule is O=C(Nc1ccccc1)OC(C(=O)O)c1ccccc1. The molecule has 0 spiro atoms. The molecule has 0 aromatic heterocycles. The van der Waals surface area contributed by atoms with Crippen LogP contribution in [-0.2, 0) is 9.53 Å². The topological polar surface area (TPSA) is 75.6 Å². The minimum atomic E-state index is -1.33. The highest BCUT2D eigenvalue weighted by Crippen LogP contribution is 2.18. The molecule has 0 heterocycles. The molecule has 2 N–H and O–H groups in total. The first-order chi connectivity index (χ1) is 9.66. The number of ether oxygens (including phenoxy) is 1. The maximum atomic E-state index is 11.7. The van der Waals surface area contributed by atoms with Gasteiger partial charge < -0.3 is 9.84 Å². The summed E-state index contributed by atoms with van der Waals surface area (Å²) in [5.41, 5.74) is 0.943. The van der Waals surface area contributed by atoms with Gasteiger partial charge in [-0.15, -0.1) is 0 Å². The van der Waals surface area contributed by atoms with Gasteiger partial charge in [0, 0.05) is 11.3 Å². The maximum absolute atomic E-state index is 11.7. The van der Waals surface area contributed by atoms with Gasteiger partial charge in [-0.25, -0.2) is 9.59 Å². The lowest BCUT2D eigenvalue weighted by Crippen LogP contribution is -2.22. The predicted octanol–water partition coefficient (Wildman–Crippen LogP) is 3.06. The Morgan fingerprint density at radius 1 is 0.950 bits per heavy atom. The van der Waals surface area contributed by atoms with Gasteiger partial charge in [-0.05, 0) is 12.1 Å². The van der Waals surface area contributed by atoms with Gasteiger partial charge in [-0.2, -0.15) is 0 Å². The van der Waals surface area contributed by atoms with Crippen molar-refractivity contribution in [2.24, 2.45) is 0 Å². The fraction of sp³-hybridized carbons (Fsp3) is 0.0667. The van der Waals surface area contributed by atoms with Crippen LogP contribution in [0.25, 0.3) is 0 Å². The van der Waals surface area contributed by atoms with Gasteiger partial charge in [0.25, 0.3) is 0 Å². The van der Waals surface area contributed by atoms with Crippen molar-refractivity contribution in [3.63, 3.8) is 0 Å². The first kappa shape index (κ1) is 13.6. The molecule has 20 heavy (non-hydrogen) atoms. The standard InChI is InChI=1S/C15H13NO4/c17-14(18)13(11-7-3-1-4-8-11)20-15(19)16-12-9-5-2-6-10-12/h1-10,13H,(H,16,19)(H,17,18). The number of nitrogens with one attached hydrogen (secondary N) is 1. The maximum Gasteiger partial charge on any atom is 0.412 e. The number of benzene rings is 2. The number of carboxylic acid groups (broad SMARTS) is 1. The van der Waals surface area contributed by atoms with Crippen LogP contribution in [0, 0.1) is 0 Å². The molecule has 1 atom stereocenters. The average molecular weight is 271 g/mol. The summed E-state index contributed by atoms with van der Waals surface area (Å²) < 4.78 is 4.95. The van der Waals surface area contributed by atoms with Gasteiger partial charge >= 0.3 is 12.1 Å². The van der Waals surface area contributed by atoms with E-state index in [2.05, 4.69) is 5.32 Å². The Balaban J connectivity index is 2.06. The summed E-state index contributed by atoms with van der Waals surface area (Å²) >= 11 is 0. The fourth-order valence-corrected chi connectivity index (χ4v) is 1.66. The zero-order chi connectivity index (χ0) is 14.4. The number of amides is 1. The van der Waals surface area contributed by atoms with Crippen LogP contribution in [0.15, 0.2) is 60.7 Å². The summed E-state index contributed by atoms with van der Waals surface area (Å²) in [5.74, 6) is -1.22. The third-order valence-corrected chi connectivity index (χ3v) is 2.57. The van der Waals surface area contributed by atoms with Crippen molar-refractivity contribution >= 4 is 17.7 Å². The van der Waals surface area contributed by atoms with Crippen LogP contribution in [0.5, 0.6) is 0 Å². The second-order valence-electron chi connectivity index (χ2n) is 4.03. The second-order valence-corrected chi connectivity index (χ2v) is 4.03. The normalized spacial score (nSPS) is 11.4. The number of hydrogen-bond acceptors (Lipinski definition) is 3. The molecule has 2 aromatic rings. The van der Waals surface area contributed by atoms with Crippen LogP contribution < -0.4 is 5.32 Å². The van der Waals surface area contributed by atoms with Gasteiger partial charge in [0.2, 0.25) is 6.10 Å². The molecule has 102 valence electrons. The van der Waals surface area contributed by atoms with Crippen molar-refractivity contribution < 1.29 is 19.4 Å². The monoisotopic (exact) mass is 271 g/mol. The van der Waals surface area contributed by atoms with Crippen LogP contribution in [0.3, 0.4) is 0 Å². The molecule has 2 rings (SSSR count). The molecule has 0 saturated heterocycles. The van der Waals surface area contributed by atoms with Crippen molar-refractivity contribution in [3.05, 3.63) is 66.2 Å². The largest absolute Gasteiger partial charge is 0.478 e. The van der Waals surface area contributed by atoms with Crippen LogP contribution in [0.2, 0.25) is 0 Å². The van der Waals surface area contributed by atoms with Crippen LogP contribution in [0.1, 0.15) is 11.7 Å². The van der Waals surface area contributed by atoms with Gasteiger partial charge in [0.1, 0.15) is 0 Å². The minimum Gasteiger partial charge on any atom is -0.478 e. The highest BCUT2D eigenvalue weighted by atomic mass is 16.6. The van der Waals surface area contributed by atoms with Crippen molar-refractivity contribution in [1.82, 2.24) is 0 Å². The third kappa shape index (κ3) is 3.58. The van der Waals surface area contributed by atoms with E-state index in [1.165, 1.54) is 0 Å². The fourth-order valence-electron chi connectivity index (χ4n) is 1.66. The van der Waals surface area contributed by atoms with Crippen molar-refractivity contribution in [2.75, 3.05) is 5.32 Å². The van der Waals surface area contributed by atoms with Crippen molar-refractivity contribution in [2.45, 2.75) is 6.10 Å². The van der Waals surface area contributed by atoms with Crippen LogP contribution in [-0.4, -0.2) is 17.2 Å². The number of aliphatic carboxylic acids is 1. The number of rotatable bonds is 4. The molecule has 1 amide bonds. The highest BCUT2D eigenvalue weighted by molar-refractivity contribution is 5.87. The quantitative estimate of drug-likeness (QED) is 0.896. The summed E-state index contributed by atoms with van der Waals surface area (Å²) in [5, 5.41) is 11.6. The van der Waals surface area contributed by atoms with Crippen LogP contribution >= 0.6 is 0 Å². The Kier molecular flexibility index (Phi) is 4.34. The second kappa shape index (κ2) is 6.38. The number of anilines is 1. The van der Waals surface area contributed by atoms with Gasteiger partial charge in [0.15, 0.2) is 0 Å². The lowest BCUT2D eigenvalue weighted by Gasteiger charge is -2.14. The van der Waals surface area contributed by atoms with Gasteiger partial charge in [-0.3, -0.25) is 5.32 Å². The van der Waals surface area contributed by atoms with Gasteiger partial charge in [-0.1, -0.05) is 48.5 Å². The number of hydrogen-bond donors (Lipinski definition) is 2. The number of carbonyl (C=O) groups excluding carboxylic acids is 1. The molecule has 0 aliphatic heterocycles. The molecule has 0 saturated carbocycles. The Labute approximate surface area is 115 Å². The summed E-state index contributed by atoms with van der Waals surface area (Å²) in [6, 6.07) is 17.0. The molecule has 0 aliphatic carbocycles. The number of carboxylic acids is 1. The Morgan fingerprint density at radius 2 is 1.50 bits per heavy atom. The van der Waals surface area contributed by atoms with E-state index < -0.39 is 18.2 Å². The van der Waals surface area contributed by atoms with E-state index in [0.29, 0.717) is 11.3 Å². The van der Waals surface area contributed by atoms with Crippen LogP contribution in [0.4, 0.5) is 10.5 Å². The molecule has 0 fully saturated rings. The van der Waals surface area contributed by atoms with Crippen molar-refractivity contribution in [3.8, 4) is 0 Å². The molecule has 0 radical (unpaired) electrons. The molecule has 2 aromatic carbocycles. The molecule has 0 bridgehead atoms. The summed E-state index contributed by atoms with van der Waals surface area (Å²) in [7, 11) is 0. The molecule has 0 aliphatic rings. The van der Waals surface area contributed by atoms with Crippen molar-refractivity contribution in [1.29, 1.82) is 0 Å². The highest BCUT2D eigenvalue weighted by Gasteiger charge is 2.24. The summed E-state index contributed by atoms with van der Waals surface area (Å²) in [6.07, 6.45) is -2.15. The zero-order valence-corrected chi connectivity index (χ0v) is 10.5. The third-order valence-electron chi connectivity index (χ3n) is 2.57. The number of carbonyl (C=O) groups is 2. The lowest BCUT2D eigenvalue weighted by molar-refractivity contribution is -0.146. The van der Waals surface area contributed by atoms with E-state index in [1.807, 2.05) is 0 Å². The zero-order valence-electron chi connectivity index (χ0n) is 10.5. The average Bonchev–Trinajstić information content (AvgIpc) is 2.46. The van der Waals surface area contributed by atoms with E-state index >= 15 is 0 Å². The number of para-hydroxylation sites is 1. The van der Waals surface area contributed by atoms with Gasteiger partial charge in [0.05, 0.1) is 0 Å². The van der Waals surface area contributed by atoms with E-state index in [1.54, 1.807) is 60.7 Å².